The molecule has 1 aromatic heterocycles. The molecule has 2 aromatic rings. The maximum Gasteiger partial charge on any atom is 0.219 e. The van der Waals surface area contributed by atoms with Crippen molar-refractivity contribution in [3.8, 4) is 11.6 Å². The summed E-state index contributed by atoms with van der Waals surface area (Å²) in [5, 5.41) is 3.85. The zero-order chi connectivity index (χ0) is 13.8. The molecular formula is C15H17ClN2O. The number of aromatic nitrogens is 1. The number of nitrogens with zero attached hydrogens (tertiary/aromatic N) is 1. The van der Waals surface area contributed by atoms with Gasteiger partial charge in [-0.15, -0.1) is 0 Å². The van der Waals surface area contributed by atoms with E-state index < -0.39 is 0 Å². The van der Waals surface area contributed by atoms with Crippen molar-refractivity contribution in [1.29, 1.82) is 0 Å². The molecule has 0 spiro atoms. The zero-order valence-corrected chi connectivity index (χ0v) is 12.1. The molecule has 0 radical (unpaired) electrons. The molecule has 0 amide bonds. The minimum absolute atomic E-state index is 0.592. The van der Waals surface area contributed by atoms with Crippen LogP contribution < -0.4 is 10.1 Å². The van der Waals surface area contributed by atoms with Crippen molar-refractivity contribution < 1.29 is 4.74 Å². The first-order chi connectivity index (χ1) is 9.10. The van der Waals surface area contributed by atoms with E-state index >= 15 is 0 Å². The lowest BCUT2D eigenvalue weighted by Gasteiger charge is -2.09. The lowest BCUT2D eigenvalue weighted by atomic mass is 10.1. The molecule has 3 nitrogen and oxygen atoms in total. The first-order valence-electron chi connectivity index (χ1n) is 6.15. The molecule has 0 unspecified atom stereocenters. The summed E-state index contributed by atoms with van der Waals surface area (Å²) in [6.07, 6.45) is 0. The number of pyridine rings is 1. The van der Waals surface area contributed by atoms with Crippen LogP contribution in [0, 0.1) is 13.8 Å². The molecule has 2 rings (SSSR count). The number of hydrogen-bond donors (Lipinski definition) is 1. The van der Waals surface area contributed by atoms with E-state index in [0.29, 0.717) is 5.88 Å². The second-order valence-corrected chi connectivity index (χ2v) is 4.85. The number of aryl methyl sites for hydroxylation is 2. The summed E-state index contributed by atoms with van der Waals surface area (Å²) in [6, 6.07) is 9.58. The van der Waals surface area contributed by atoms with Crippen LogP contribution in [0.2, 0.25) is 5.02 Å². The van der Waals surface area contributed by atoms with Gasteiger partial charge < -0.3 is 10.1 Å². The Bertz CT molecular complexity index is 561. The van der Waals surface area contributed by atoms with Gasteiger partial charge in [0.2, 0.25) is 5.88 Å². The molecule has 100 valence electrons. The van der Waals surface area contributed by atoms with E-state index in [-0.39, 0.29) is 0 Å². The van der Waals surface area contributed by atoms with Crippen LogP contribution in [-0.2, 0) is 6.54 Å². The fourth-order valence-electron chi connectivity index (χ4n) is 1.88. The van der Waals surface area contributed by atoms with E-state index in [2.05, 4.69) is 10.3 Å². The highest BCUT2D eigenvalue weighted by Gasteiger charge is 2.05. The van der Waals surface area contributed by atoms with Crippen LogP contribution in [0.1, 0.15) is 16.8 Å². The normalized spacial score (nSPS) is 10.5. The summed E-state index contributed by atoms with van der Waals surface area (Å²) in [4.78, 5) is 4.42. The summed E-state index contributed by atoms with van der Waals surface area (Å²) in [5.41, 5.74) is 2.95. The van der Waals surface area contributed by atoms with Crippen LogP contribution in [-0.4, -0.2) is 12.0 Å². The van der Waals surface area contributed by atoms with Crippen molar-refractivity contribution in [2.24, 2.45) is 0 Å². The third-order valence-electron chi connectivity index (χ3n) is 2.77. The zero-order valence-electron chi connectivity index (χ0n) is 11.3. The van der Waals surface area contributed by atoms with Gasteiger partial charge in [-0.2, -0.15) is 0 Å². The highest BCUT2D eigenvalue weighted by atomic mass is 35.5. The lowest BCUT2D eigenvalue weighted by Crippen LogP contribution is -2.06. The van der Waals surface area contributed by atoms with Crippen LogP contribution in [0.25, 0.3) is 0 Å². The van der Waals surface area contributed by atoms with E-state index in [1.54, 1.807) is 0 Å². The van der Waals surface area contributed by atoms with Gasteiger partial charge in [-0.05, 0) is 50.2 Å². The van der Waals surface area contributed by atoms with Gasteiger partial charge in [-0.3, -0.25) is 0 Å². The van der Waals surface area contributed by atoms with Crippen molar-refractivity contribution in [1.82, 2.24) is 10.3 Å². The molecular weight excluding hydrogens is 260 g/mol. The molecule has 0 atom stereocenters. The largest absolute Gasteiger partial charge is 0.439 e. The van der Waals surface area contributed by atoms with Gasteiger partial charge in [0, 0.05) is 17.6 Å². The topological polar surface area (TPSA) is 34.1 Å². The molecule has 0 saturated carbocycles. The smallest absolute Gasteiger partial charge is 0.219 e. The summed E-state index contributed by atoms with van der Waals surface area (Å²) in [5.74, 6) is 1.35. The number of nitrogens with one attached hydrogen (secondary N) is 1. The minimum Gasteiger partial charge on any atom is -0.439 e. The van der Waals surface area contributed by atoms with E-state index in [1.165, 1.54) is 0 Å². The Morgan fingerprint density at radius 3 is 2.53 bits per heavy atom. The Kier molecular flexibility index (Phi) is 4.40. The van der Waals surface area contributed by atoms with Gasteiger partial charge in [0.15, 0.2) is 0 Å². The number of hydrogen-bond acceptors (Lipinski definition) is 3. The van der Waals surface area contributed by atoms with Crippen LogP contribution in [0.5, 0.6) is 11.6 Å². The molecule has 0 aliphatic carbocycles. The van der Waals surface area contributed by atoms with Gasteiger partial charge in [-0.1, -0.05) is 17.7 Å². The van der Waals surface area contributed by atoms with Crippen LogP contribution in [0.3, 0.4) is 0 Å². The second-order valence-electron chi connectivity index (χ2n) is 4.47. The SMILES string of the molecule is CNCc1cccc(Oc2cc(C)c(Cl)c(C)c2)n1. The Labute approximate surface area is 118 Å². The number of halogens is 1. The fourth-order valence-corrected chi connectivity index (χ4v) is 1.99. The van der Waals surface area contributed by atoms with Gasteiger partial charge in [0.1, 0.15) is 5.75 Å². The predicted molar refractivity (Wildman–Crippen MR) is 78.0 cm³/mol. The van der Waals surface area contributed by atoms with Crippen molar-refractivity contribution >= 4 is 11.6 Å². The summed E-state index contributed by atoms with van der Waals surface area (Å²) in [7, 11) is 1.89. The maximum absolute atomic E-state index is 6.14. The summed E-state index contributed by atoms with van der Waals surface area (Å²) in [6.45, 7) is 4.65. The molecule has 0 bridgehead atoms. The number of ether oxygens (including phenoxy) is 1. The highest BCUT2D eigenvalue weighted by Crippen LogP contribution is 2.28. The summed E-state index contributed by atoms with van der Waals surface area (Å²) < 4.78 is 5.78. The molecule has 1 heterocycles. The molecule has 4 heteroatoms. The molecule has 0 fully saturated rings. The minimum atomic E-state index is 0.592. The average molecular weight is 277 g/mol. The van der Waals surface area contributed by atoms with Crippen molar-refractivity contribution in [3.05, 3.63) is 52.2 Å². The Hall–Kier alpha value is -1.58. The van der Waals surface area contributed by atoms with Gasteiger partial charge in [0.25, 0.3) is 0 Å². The van der Waals surface area contributed by atoms with Crippen molar-refractivity contribution in [3.63, 3.8) is 0 Å². The maximum atomic E-state index is 6.14. The number of rotatable bonds is 4. The van der Waals surface area contributed by atoms with Crippen LogP contribution in [0.4, 0.5) is 0 Å². The molecule has 1 aromatic carbocycles. The van der Waals surface area contributed by atoms with Crippen molar-refractivity contribution in [2.45, 2.75) is 20.4 Å². The predicted octanol–water partition coefficient (Wildman–Crippen LogP) is 3.86. The Morgan fingerprint density at radius 1 is 1.21 bits per heavy atom. The quantitative estimate of drug-likeness (QED) is 0.921. The fraction of sp³-hybridized carbons (Fsp3) is 0.267. The van der Waals surface area contributed by atoms with E-state index in [4.69, 9.17) is 16.3 Å². The molecule has 0 aliphatic rings. The number of benzene rings is 1. The summed E-state index contributed by atoms with van der Waals surface area (Å²) >= 11 is 6.14. The van der Waals surface area contributed by atoms with Crippen molar-refractivity contribution in [2.75, 3.05) is 7.05 Å². The Balaban J connectivity index is 2.23. The lowest BCUT2D eigenvalue weighted by molar-refractivity contribution is 0.459. The molecule has 1 N–H and O–H groups in total. The van der Waals surface area contributed by atoms with E-state index in [9.17, 15) is 0 Å². The first kappa shape index (κ1) is 13.8. The average Bonchev–Trinajstić information content (AvgIpc) is 2.37. The second kappa shape index (κ2) is 6.04. The molecule has 19 heavy (non-hydrogen) atoms. The highest BCUT2D eigenvalue weighted by molar-refractivity contribution is 6.32. The van der Waals surface area contributed by atoms with Crippen LogP contribution >= 0.6 is 11.6 Å². The van der Waals surface area contributed by atoms with Gasteiger partial charge >= 0.3 is 0 Å². The monoisotopic (exact) mass is 276 g/mol. The third-order valence-corrected chi connectivity index (χ3v) is 3.37. The third kappa shape index (κ3) is 3.46. The standard InChI is InChI=1S/C15H17ClN2O/c1-10-7-13(8-11(2)15(10)16)19-14-6-4-5-12(18-14)9-17-3/h4-8,17H,9H2,1-3H3. The van der Waals surface area contributed by atoms with E-state index in [1.807, 2.05) is 51.2 Å². The molecule has 0 saturated heterocycles. The van der Waals surface area contributed by atoms with Crippen LogP contribution in [0.15, 0.2) is 30.3 Å². The van der Waals surface area contributed by atoms with Gasteiger partial charge in [0.05, 0.1) is 5.69 Å². The Morgan fingerprint density at radius 2 is 1.89 bits per heavy atom. The van der Waals surface area contributed by atoms with Gasteiger partial charge in [-0.25, -0.2) is 4.98 Å². The first-order valence-corrected chi connectivity index (χ1v) is 6.53. The molecule has 0 aliphatic heterocycles. The van der Waals surface area contributed by atoms with E-state index in [0.717, 1.165) is 34.1 Å².